The zero-order chi connectivity index (χ0) is 18.4. The van der Waals surface area contributed by atoms with E-state index in [2.05, 4.69) is 0 Å². The van der Waals surface area contributed by atoms with Crippen LogP contribution in [0, 0.1) is 12.7 Å². The summed E-state index contributed by atoms with van der Waals surface area (Å²) in [6.07, 6.45) is -4.77. The number of fused-ring (bicyclic) bond motifs is 1. The van der Waals surface area contributed by atoms with Crippen LogP contribution in [0.3, 0.4) is 0 Å². The van der Waals surface area contributed by atoms with Gasteiger partial charge >= 0.3 is 6.18 Å². The Morgan fingerprint density at radius 2 is 1.84 bits per heavy atom. The molecule has 1 atom stereocenters. The summed E-state index contributed by atoms with van der Waals surface area (Å²) in [5, 5.41) is -0.0842. The molecule has 132 valence electrons. The predicted molar refractivity (Wildman–Crippen MR) is 87.2 cm³/mol. The summed E-state index contributed by atoms with van der Waals surface area (Å²) in [5.41, 5.74) is 0.846. The summed E-state index contributed by atoms with van der Waals surface area (Å²) in [6.45, 7) is 1.74. The highest BCUT2D eigenvalue weighted by molar-refractivity contribution is 6.37. The standard InChI is InChI=1S/C17H10Cl2F4O2/c1-8-2-4-12(20)13(6-8)24-15-9-3-5-14(17(21,22)23)25-16(9)11(19)7-10(15)18/h2-7,14H,1H3. The first-order valence-electron chi connectivity index (χ1n) is 7.04. The van der Waals surface area contributed by atoms with E-state index in [-0.39, 0.29) is 32.9 Å². The van der Waals surface area contributed by atoms with Crippen LogP contribution in [0.25, 0.3) is 6.08 Å². The lowest BCUT2D eigenvalue weighted by atomic mass is 10.1. The van der Waals surface area contributed by atoms with Crippen molar-refractivity contribution in [2.75, 3.05) is 0 Å². The lowest BCUT2D eigenvalue weighted by molar-refractivity contribution is -0.180. The molecule has 0 radical (unpaired) electrons. The topological polar surface area (TPSA) is 18.5 Å². The van der Waals surface area contributed by atoms with E-state index in [4.69, 9.17) is 32.7 Å². The molecule has 0 saturated heterocycles. The molecule has 0 N–H and O–H groups in total. The summed E-state index contributed by atoms with van der Waals surface area (Å²) in [4.78, 5) is 0. The zero-order valence-corrected chi connectivity index (χ0v) is 14.1. The fourth-order valence-electron chi connectivity index (χ4n) is 2.30. The molecule has 8 heteroatoms. The lowest BCUT2D eigenvalue weighted by Crippen LogP contribution is -2.34. The number of alkyl halides is 3. The second kappa shape index (κ2) is 6.42. The smallest absolute Gasteiger partial charge is 0.429 e. The number of hydrogen-bond donors (Lipinski definition) is 0. The van der Waals surface area contributed by atoms with Crippen LogP contribution >= 0.6 is 23.2 Å². The zero-order valence-electron chi connectivity index (χ0n) is 12.6. The number of halogens is 6. The molecule has 1 aliphatic rings. The number of hydrogen-bond acceptors (Lipinski definition) is 2. The van der Waals surface area contributed by atoms with Crippen molar-refractivity contribution in [3.63, 3.8) is 0 Å². The van der Waals surface area contributed by atoms with Crippen LogP contribution in [-0.2, 0) is 0 Å². The van der Waals surface area contributed by atoms with E-state index < -0.39 is 18.1 Å². The van der Waals surface area contributed by atoms with Crippen LogP contribution in [0.5, 0.6) is 17.2 Å². The number of aryl methyl sites for hydroxylation is 1. The number of benzene rings is 2. The minimum atomic E-state index is -4.60. The third-order valence-electron chi connectivity index (χ3n) is 3.48. The van der Waals surface area contributed by atoms with Crippen molar-refractivity contribution >= 4 is 29.3 Å². The highest BCUT2D eigenvalue weighted by atomic mass is 35.5. The number of ether oxygens (including phenoxy) is 2. The minimum absolute atomic E-state index is 0.0170. The molecule has 1 unspecified atom stereocenters. The van der Waals surface area contributed by atoms with Crippen LogP contribution in [0.4, 0.5) is 17.6 Å². The largest absolute Gasteiger partial charge is 0.474 e. The molecule has 2 aromatic carbocycles. The van der Waals surface area contributed by atoms with Gasteiger partial charge in [0.2, 0.25) is 6.10 Å². The van der Waals surface area contributed by atoms with Crippen LogP contribution in [0.2, 0.25) is 10.0 Å². The highest BCUT2D eigenvalue weighted by Crippen LogP contribution is 2.47. The molecule has 0 aliphatic carbocycles. The molecular formula is C17H10Cl2F4O2. The second-order valence-electron chi connectivity index (χ2n) is 5.39. The molecule has 1 aliphatic heterocycles. The Morgan fingerprint density at radius 3 is 2.52 bits per heavy atom. The van der Waals surface area contributed by atoms with E-state index in [0.29, 0.717) is 0 Å². The molecule has 0 spiro atoms. The number of rotatable bonds is 2. The van der Waals surface area contributed by atoms with Crippen molar-refractivity contribution < 1.29 is 27.0 Å². The van der Waals surface area contributed by atoms with Crippen molar-refractivity contribution in [2.45, 2.75) is 19.2 Å². The summed E-state index contributed by atoms with van der Waals surface area (Å²) in [7, 11) is 0. The molecule has 3 rings (SSSR count). The molecule has 25 heavy (non-hydrogen) atoms. The monoisotopic (exact) mass is 392 g/mol. The second-order valence-corrected chi connectivity index (χ2v) is 6.20. The summed E-state index contributed by atoms with van der Waals surface area (Å²) >= 11 is 12.0. The summed E-state index contributed by atoms with van der Waals surface area (Å²) in [5.74, 6) is -1.02. The van der Waals surface area contributed by atoms with Crippen molar-refractivity contribution in [2.24, 2.45) is 0 Å². The summed E-state index contributed by atoms with van der Waals surface area (Å²) in [6, 6.07) is 5.40. The van der Waals surface area contributed by atoms with Gasteiger partial charge < -0.3 is 9.47 Å². The average molecular weight is 393 g/mol. The lowest BCUT2D eigenvalue weighted by Gasteiger charge is -2.26. The Hall–Kier alpha value is -1.92. The third kappa shape index (κ3) is 3.55. The van der Waals surface area contributed by atoms with E-state index in [9.17, 15) is 17.6 Å². The van der Waals surface area contributed by atoms with Gasteiger partial charge in [0, 0.05) is 0 Å². The normalized spacial score (nSPS) is 16.4. The quantitative estimate of drug-likeness (QED) is 0.538. The van der Waals surface area contributed by atoms with Crippen molar-refractivity contribution in [3.8, 4) is 17.2 Å². The van der Waals surface area contributed by atoms with Crippen LogP contribution in [0.1, 0.15) is 11.1 Å². The fourth-order valence-corrected chi connectivity index (χ4v) is 2.86. The Morgan fingerprint density at radius 1 is 1.12 bits per heavy atom. The van der Waals surface area contributed by atoms with Crippen molar-refractivity contribution in [1.82, 2.24) is 0 Å². The van der Waals surface area contributed by atoms with Gasteiger partial charge in [0.1, 0.15) is 5.75 Å². The van der Waals surface area contributed by atoms with Crippen LogP contribution in [-0.4, -0.2) is 12.3 Å². The van der Waals surface area contributed by atoms with Gasteiger partial charge in [-0.1, -0.05) is 29.3 Å². The Labute approximate surface area is 150 Å². The Balaban J connectivity index is 2.07. The maximum absolute atomic E-state index is 13.9. The van der Waals surface area contributed by atoms with E-state index in [1.165, 1.54) is 18.2 Å². The van der Waals surface area contributed by atoms with Gasteiger partial charge in [-0.25, -0.2) is 4.39 Å². The van der Waals surface area contributed by atoms with Crippen molar-refractivity contribution in [3.05, 3.63) is 57.3 Å². The molecule has 0 aromatic heterocycles. The van der Waals surface area contributed by atoms with E-state index >= 15 is 0 Å². The van der Waals surface area contributed by atoms with Gasteiger partial charge in [0.15, 0.2) is 17.3 Å². The minimum Gasteiger partial charge on any atom is -0.474 e. The molecule has 2 nitrogen and oxygen atoms in total. The van der Waals surface area contributed by atoms with Gasteiger partial charge in [-0.3, -0.25) is 0 Å². The molecule has 0 bridgehead atoms. The van der Waals surface area contributed by atoms with Crippen LogP contribution in [0.15, 0.2) is 30.3 Å². The van der Waals surface area contributed by atoms with E-state index in [1.807, 2.05) is 0 Å². The molecule has 0 fully saturated rings. The van der Waals surface area contributed by atoms with Crippen molar-refractivity contribution in [1.29, 1.82) is 0 Å². The molecule has 0 saturated carbocycles. The maximum Gasteiger partial charge on any atom is 0.429 e. The fraction of sp³-hybridized carbons (Fsp3) is 0.176. The Kier molecular flexibility index (Phi) is 4.60. The molecule has 2 aromatic rings. The van der Waals surface area contributed by atoms with Crippen LogP contribution < -0.4 is 9.47 Å². The van der Waals surface area contributed by atoms with Gasteiger partial charge in [-0.2, -0.15) is 13.2 Å². The van der Waals surface area contributed by atoms with E-state index in [1.54, 1.807) is 13.0 Å². The molecular weight excluding hydrogens is 383 g/mol. The highest BCUT2D eigenvalue weighted by Gasteiger charge is 2.42. The summed E-state index contributed by atoms with van der Waals surface area (Å²) < 4.78 is 63.0. The predicted octanol–water partition coefficient (Wildman–Crippen LogP) is 6.57. The SMILES string of the molecule is Cc1ccc(F)c(Oc2c(Cl)cc(Cl)c3c2C=CC(C(F)(F)F)O3)c1. The maximum atomic E-state index is 13.9. The first kappa shape index (κ1) is 17.9. The van der Waals surface area contributed by atoms with Gasteiger partial charge in [0.25, 0.3) is 0 Å². The first-order valence-corrected chi connectivity index (χ1v) is 7.80. The molecule has 1 heterocycles. The first-order chi connectivity index (χ1) is 11.7. The van der Waals surface area contributed by atoms with Gasteiger partial charge in [-0.15, -0.1) is 0 Å². The Bertz CT molecular complexity index is 863. The van der Waals surface area contributed by atoms with Gasteiger partial charge in [0.05, 0.1) is 15.6 Å². The van der Waals surface area contributed by atoms with Gasteiger partial charge in [-0.05, 0) is 42.8 Å². The third-order valence-corrected chi connectivity index (χ3v) is 4.04. The van der Waals surface area contributed by atoms with E-state index in [0.717, 1.165) is 17.7 Å². The molecule has 0 amide bonds. The average Bonchev–Trinajstić information content (AvgIpc) is 2.53.